The van der Waals surface area contributed by atoms with Crippen LogP contribution in [0.4, 0.5) is 5.69 Å². The normalized spacial score (nSPS) is 16.1. The standard InChI is InChI=1S/C20H19ClN4O3/c1-11(22)25-17-8-7-14(28-2)9-15(17)19(12-3-5-13(21)6-4-12)24-16(20(25)23)10-18(26)27/h3-9,16,22-23H,10H2,1-2H3,(H,26,27)/t16-/m0/s1. The molecule has 0 saturated carbocycles. The lowest BCUT2D eigenvalue weighted by molar-refractivity contribution is -0.137. The smallest absolute Gasteiger partial charge is 0.305 e. The molecule has 0 aliphatic carbocycles. The Morgan fingerprint density at radius 1 is 1.29 bits per heavy atom. The highest BCUT2D eigenvalue weighted by Crippen LogP contribution is 2.33. The molecule has 0 unspecified atom stereocenters. The number of nitrogens with zero attached hydrogens (tertiary/aromatic N) is 2. The third kappa shape index (κ3) is 3.75. The lowest BCUT2D eigenvalue weighted by Gasteiger charge is -2.26. The minimum Gasteiger partial charge on any atom is -0.497 e. The molecule has 0 spiro atoms. The molecule has 0 amide bonds. The van der Waals surface area contributed by atoms with Crippen LogP contribution in [0.5, 0.6) is 5.75 Å². The molecule has 28 heavy (non-hydrogen) atoms. The van der Waals surface area contributed by atoms with Crippen LogP contribution in [0.25, 0.3) is 0 Å². The third-order valence-corrected chi connectivity index (χ3v) is 4.61. The summed E-state index contributed by atoms with van der Waals surface area (Å²) < 4.78 is 5.34. The lowest BCUT2D eigenvalue weighted by atomic mass is 9.99. The number of amidine groups is 2. The molecule has 1 aliphatic rings. The number of carboxylic acids is 1. The maximum atomic E-state index is 11.4. The highest BCUT2D eigenvalue weighted by atomic mass is 35.5. The summed E-state index contributed by atoms with van der Waals surface area (Å²) in [4.78, 5) is 17.4. The molecule has 1 aliphatic heterocycles. The molecular formula is C20H19ClN4O3. The zero-order chi connectivity index (χ0) is 20.4. The predicted molar refractivity (Wildman–Crippen MR) is 110 cm³/mol. The van der Waals surface area contributed by atoms with Crippen molar-refractivity contribution < 1.29 is 14.6 Å². The van der Waals surface area contributed by atoms with E-state index in [9.17, 15) is 9.90 Å². The number of benzene rings is 2. The molecule has 3 rings (SSSR count). The highest BCUT2D eigenvalue weighted by Gasteiger charge is 2.32. The van der Waals surface area contributed by atoms with E-state index in [4.69, 9.17) is 27.2 Å². The van der Waals surface area contributed by atoms with E-state index in [0.29, 0.717) is 27.7 Å². The number of nitrogens with one attached hydrogen (secondary N) is 2. The number of halogens is 1. The molecule has 0 radical (unpaired) electrons. The fraction of sp³-hybridized carbons (Fsp3) is 0.200. The van der Waals surface area contributed by atoms with E-state index in [-0.39, 0.29) is 18.1 Å². The van der Waals surface area contributed by atoms with E-state index in [1.54, 1.807) is 56.5 Å². The van der Waals surface area contributed by atoms with Crippen LogP contribution in [0.15, 0.2) is 47.5 Å². The summed E-state index contributed by atoms with van der Waals surface area (Å²) in [6.07, 6.45) is -0.356. The van der Waals surface area contributed by atoms with Gasteiger partial charge in [-0.25, -0.2) is 0 Å². The molecule has 1 heterocycles. The summed E-state index contributed by atoms with van der Waals surface area (Å²) in [5.41, 5.74) is 2.46. The fourth-order valence-electron chi connectivity index (χ4n) is 3.10. The van der Waals surface area contributed by atoms with Gasteiger partial charge >= 0.3 is 5.97 Å². The van der Waals surface area contributed by atoms with Gasteiger partial charge in [0, 0.05) is 16.1 Å². The predicted octanol–water partition coefficient (Wildman–Crippen LogP) is 3.82. The van der Waals surface area contributed by atoms with Crippen molar-refractivity contribution in [3.63, 3.8) is 0 Å². The van der Waals surface area contributed by atoms with Gasteiger partial charge in [0.05, 0.1) is 24.9 Å². The monoisotopic (exact) mass is 398 g/mol. The van der Waals surface area contributed by atoms with E-state index in [1.807, 2.05) is 0 Å². The summed E-state index contributed by atoms with van der Waals surface area (Å²) in [6, 6.07) is 11.3. The van der Waals surface area contributed by atoms with Gasteiger partial charge in [-0.2, -0.15) is 0 Å². The van der Waals surface area contributed by atoms with Crippen molar-refractivity contribution in [1.29, 1.82) is 10.8 Å². The first-order valence-corrected chi connectivity index (χ1v) is 8.87. The Hall–Kier alpha value is -3.19. The molecule has 2 aromatic carbocycles. The number of hydrogen-bond donors (Lipinski definition) is 3. The van der Waals surface area contributed by atoms with Crippen molar-refractivity contribution >= 4 is 40.6 Å². The van der Waals surface area contributed by atoms with E-state index >= 15 is 0 Å². The number of aliphatic imine (C=N–C) groups is 1. The van der Waals surface area contributed by atoms with Crippen molar-refractivity contribution in [1.82, 2.24) is 0 Å². The third-order valence-electron chi connectivity index (χ3n) is 4.36. The molecule has 144 valence electrons. The van der Waals surface area contributed by atoms with E-state index < -0.39 is 12.0 Å². The Kier molecular flexibility index (Phi) is 5.46. The quantitative estimate of drug-likeness (QED) is 0.537. The van der Waals surface area contributed by atoms with Gasteiger partial charge in [-0.05, 0) is 37.3 Å². The Morgan fingerprint density at radius 2 is 1.96 bits per heavy atom. The number of methoxy groups -OCH3 is 1. The van der Waals surface area contributed by atoms with E-state index in [2.05, 4.69) is 4.99 Å². The van der Waals surface area contributed by atoms with Crippen LogP contribution < -0.4 is 9.64 Å². The zero-order valence-corrected chi connectivity index (χ0v) is 16.1. The SMILES string of the molecule is COc1ccc2c(c1)C(c1ccc(Cl)cc1)=N[C@@H](CC(=O)O)C(=N)N2C(C)=N. The summed E-state index contributed by atoms with van der Waals surface area (Å²) in [6.45, 7) is 1.55. The van der Waals surface area contributed by atoms with Crippen LogP contribution in [0, 0.1) is 10.8 Å². The van der Waals surface area contributed by atoms with Gasteiger partial charge < -0.3 is 9.84 Å². The first-order chi connectivity index (χ1) is 13.3. The fourth-order valence-corrected chi connectivity index (χ4v) is 3.22. The van der Waals surface area contributed by atoms with Crippen molar-refractivity contribution in [2.75, 3.05) is 12.0 Å². The number of carbonyl (C=O) groups is 1. The van der Waals surface area contributed by atoms with Crippen molar-refractivity contribution in [2.45, 2.75) is 19.4 Å². The second kappa shape index (κ2) is 7.82. The zero-order valence-electron chi connectivity index (χ0n) is 15.4. The number of ether oxygens (including phenoxy) is 1. The summed E-state index contributed by atoms with van der Waals surface area (Å²) >= 11 is 6.01. The second-order valence-corrected chi connectivity index (χ2v) is 6.72. The average molecular weight is 399 g/mol. The molecule has 0 saturated heterocycles. The average Bonchev–Trinajstić information content (AvgIpc) is 2.76. The number of hydrogen-bond acceptors (Lipinski definition) is 5. The van der Waals surface area contributed by atoms with Crippen molar-refractivity contribution in [2.24, 2.45) is 4.99 Å². The van der Waals surface area contributed by atoms with E-state index in [1.165, 1.54) is 4.90 Å². The van der Waals surface area contributed by atoms with Gasteiger partial charge in [-0.15, -0.1) is 0 Å². The molecular weight excluding hydrogens is 380 g/mol. The van der Waals surface area contributed by atoms with Crippen LogP contribution in [0.3, 0.4) is 0 Å². The largest absolute Gasteiger partial charge is 0.497 e. The van der Waals surface area contributed by atoms with E-state index in [0.717, 1.165) is 5.56 Å². The number of carboxylic acid groups (broad SMARTS) is 1. The molecule has 8 heteroatoms. The van der Waals surface area contributed by atoms with Crippen LogP contribution in [-0.2, 0) is 4.79 Å². The van der Waals surface area contributed by atoms with Gasteiger partial charge in [0.15, 0.2) is 0 Å². The molecule has 3 N–H and O–H groups in total. The Bertz CT molecular complexity index is 985. The molecule has 1 atom stereocenters. The summed E-state index contributed by atoms with van der Waals surface area (Å²) in [5, 5.41) is 26.6. The van der Waals surface area contributed by atoms with Gasteiger partial charge in [-0.3, -0.25) is 25.5 Å². The Morgan fingerprint density at radius 3 is 2.54 bits per heavy atom. The molecule has 0 bridgehead atoms. The molecule has 0 aromatic heterocycles. The van der Waals surface area contributed by atoms with Gasteiger partial charge in [0.25, 0.3) is 0 Å². The first-order valence-electron chi connectivity index (χ1n) is 8.49. The summed E-state index contributed by atoms with van der Waals surface area (Å²) in [7, 11) is 1.55. The van der Waals surface area contributed by atoms with Crippen LogP contribution in [0.1, 0.15) is 24.5 Å². The highest BCUT2D eigenvalue weighted by molar-refractivity contribution is 6.31. The Labute approximate surface area is 167 Å². The maximum absolute atomic E-state index is 11.4. The number of rotatable bonds is 4. The van der Waals surface area contributed by atoms with Gasteiger partial charge in [0.2, 0.25) is 0 Å². The number of aliphatic carboxylic acids is 1. The maximum Gasteiger partial charge on any atom is 0.305 e. The topological polar surface area (TPSA) is 110 Å². The molecule has 0 fully saturated rings. The van der Waals surface area contributed by atoms with Crippen LogP contribution >= 0.6 is 11.6 Å². The summed E-state index contributed by atoms with van der Waals surface area (Å²) in [5.74, 6) is -0.448. The second-order valence-electron chi connectivity index (χ2n) is 6.29. The molecule has 2 aromatic rings. The Balaban J connectivity index is 2.30. The number of fused-ring (bicyclic) bond motifs is 1. The minimum absolute atomic E-state index is 0.0646. The van der Waals surface area contributed by atoms with Crippen molar-refractivity contribution in [3.05, 3.63) is 58.6 Å². The number of anilines is 1. The lowest BCUT2D eigenvalue weighted by Crippen LogP contribution is -2.41. The number of benzodiazepines with no additional fused rings is 1. The van der Waals surface area contributed by atoms with Gasteiger partial charge in [0.1, 0.15) is 23.5 Å². The van der Waals surface area contributed by atoms with Gasteiger partial charge in [-0.1, -0.05) is 23.7 Å². The van der Waals surface area contributed by atoms with Crippen molar-refractivity contribution in [3.8, 4) is 5.75 Å². The van der Waals surface area contributed by atoms with Crippen LogP contribution in [-0.4, -0.2) is 41.6 Å². The van der Waals surface area contributed by atoms with Crippen LogP contribution in [0.2, 0.25) is 5.02 Å². The minimum atomic E-state index is -1.07. The molecule has 7 nitrogen and oxygen atoms in total. The first kappa shape index (κ1) is 19.6.